The van der Waals surface area contributed by atoms with E-state index in [1.807, 2.05) is 9.62 Å². The van der Waals surface area contributed by atoms with Crippen LogP contribution in [0.25, 0.3) is 0 Å². The van der Waals surface area contributed by atoms with Crippen molar-refractivity contribution in [3.05, 3.63) is 58.9 Å². The van der Waals surface area contributed by atoms with Crippen molar-refractivity contribution >= 4 is 21.6 Å². The molecule has 1 amide bonds. The minimum absolute atomic E-state index is 0.0989. The summed E-state index contributed by atoms with van der Waals surface area (Å²) in [6, 6.07) is 7.40. The number of nitrogens with zero attached hydrogens (tertiary/aromatic N) is 1. The first-order valence-corrected chi connectivity index (χ1v) is 13.5. The molecule has 2 aromatic rings. The number of halogens is 4. The Bertz CT molecular complexity index is 1260. The largest absolute Gasteiger partial charge is 0.491 e. The monoisotopic (exact) mass is 526 g/mol. The molecular formula is C25H26F4N2O4S. The highest BCUT2D eigenvalue weighted by atomic mass is 32.2. The molecule has 2 aromatic carbocycles. The van der Waals surface area contributed by atoms with E-state index >= 15 is 0 Å². The second-order valence-corrected chi connectivity index (χ2v) is 11.6. The zero-order valence-electron chi connectivity index (χ0n) is 19.4. The van der Waals surface area contributed by atoms with Crippen LogP contribution >= 0.6 is 0 Å². The molecule has 5 rings (SSSR count). The molecule has 3 fully saturated rings. The number of hydrogen-bond donors (Lipinski definition) is 1. The minimum Gasteiger partial charge on any atom is -0.491 e. The number of sulfonamides is 1. The Morgan fingerprint density at radius 1 is 1.06 bits per heavy atom. The van der Waals surface area contributed by atoms with Gasteiger partial charge < -0.3 is 9.64 Å². The number of carbonyl (C=O) groups excluding carboxylic acids is 1. The Morgan fingerprint density at radius 2 is 1.75 bits per heavy atom. The van der Waals surface area contributed by atoms with Crippen molar-refractivity contribution in [1.82, 2.24) is 4.72 Å². The second kappa shape index (κ2) is 9.24. The summed E-state index contributed by atoms with van der Waals surface area (Å²) in [6.45, 7) is 0.861. The Kier molecular flexibility index (Phi) is 6.38. The fourth-order valence-corrected chi connectivity index (χ4v) is 5.90. The number of benzene rings is 2. The van der Waals surface area contributed by atoms with Crippen LogP contribution in [-0.2, 0) is 16.2 Å². The van der Waals surface area contributed by atoms with Crippen LogP contribution in [0.5, 0.6) is 5.75 Å². The van der Waals surface area contributed by atoms with Crippen LogP contribution in [0.1, 0.15) is 65.9 Å². The van der Waals surface area contributed by atoms with E-state index in [1.165, 1.54) is 18.2 Å². The summed E-state index contributed by atoms with van der Waals surface area (Å²) in [5.41, 5.74) is 0.272. The third kappa shape index (κ3) is 5.30. The number of hydrogen-bond acceptors (Lipinski definition) is 5. The van der Waals surface area contributed by atoms with Gasteiger partial charge in [0.05, 0.1) is 22.4 Å². The fraction of sp³-hybridized carbons (Fsp3) is 0.480. The molecule has 1 aliphatic heterocycles. The molecule has 36 heavy (non-hydrogen) atoms. The lowest BCUT2D eigenvalue weighted by Crippen LogP contribution is -2.34. The first kappa shape index (κ1) is 24.9. The fourth-order valence-electron chi connectivity index (χ4n) is 4.61. The third-order valence-corrected chi connectivity index (χ3v) is 8.71. The van der Waals surface area contributed by atoms with Gasteiger partial charge in [-0.25, -0.2) is 17.5 Å². The molecule has 194 valence electrons. The second-order valence-electron chi connectivity index (χ2n) is 9.66. The van der Waals surface area contributed by atoms with Crippen LogP contribution in [0.3, 0.4) is 0 Å². The SMILES string of the molecule is O=C(NS(=O)(=O)C1CC1)c1cc(C2CC2)c(OC[C@H]2CCCN2c2ccc(C(F)(F)F)cc2)cc1F. The molecule has 0 bridgehead atoms. The summed E-state index contributed by atoms with van der Waals surface area (Å²) in [4.78, 5) is 14.5. The van der Waals surface area contributed by atoms with E-state index in [2.05, 4.69) is 0 Å². The number of alkyl halides is 3. The molecule has 2 aliphatic carbocycles. The molecule has 1 N–H and O–H groups in total. The summed E-state index contributed by atoms with van der Waals surface area (Å²) in [5.74, 6) is -1.46. The molecule has 3 aliphatic rings. The van der Waals surface area contributed by atoms with Crippen LogP contribution in [0.15, 0.2) is 36.4 Å². The quantitative estimate of drug-likeness (QED) is 0.491. The van der Waals surface area contributed by atoms with Crippen LogP contribution in [0.2, 0.25) is 0 Å². The molecule has 0 unspecified atom stereocenters. The molecular weight excluding hydrogens is 500 g/mol. The number of anilines is 1. The van der Waals surface area contributed by atoms with Gasteiger partial charge in [-0.3, -0.25) is 4.79 Å². The zero-order chi connectivity index (χ0) is 25.7. The summed E-state index contributed by atoms with van der Waals surface area (Å²) < 4.78 is 85.8. The van der Waals surface area contributed by atoms with E-state index < -0.39 is 38.7 Å². The van der Waals surface area contributed by atoms with Crippen molar-refractivity contribution in [1.29, 1.82) is 0 Å². The smallest absolute Gasteiger partial charge is 0.416 e. The standard InChI is InChI=1S/C25H26F4N2O4S/c26-22-13-23(20(15-3-4-15)12-21(22)24(32)30-36(33,34)19-9-10-19)35-14-18-2-1-11-31(18)17-7-5-16(6-8-17)25(27,28)29/h5-8,12-13,15,18-19H,1-4,9-11,14H2,(H,30,32)/t18-/m1/s1. The molecule has 0 aromatic heterocycles. The lowest BCUT2D eigenvalue weighted by Gasteiger charge is -2.27. The highest BCUT2D eigenvalue weighted by Crippen LogP contribution is 2.45. The Balaban J connectivity index is 1.30. The van der Waals surface area contributed by atoms with Gasteiger partial charge >= 0.3 is 6.18 Å². The van der Waals surface area contributed by atoms with Crippen molar-refractivity contribution in [2.75, 3.05) is 18.1 Å². The molecule has 6 nitrogen and oxygen atoms in total. The maximum Gasteiger partial charge on any atom is 0.416 e. The summed E-state index contributed by atoms with van der Waals surface area (Å²) in [6.07, 6.45) is -0.128. The molecule has 11 heteroatoms. The van der Waals surface area contributed by atoms with Crippen LogP contribution < -0.4 is 14.4 Å². The predicted octanol–water partition coefficient (Wildman–Crippen LogP) is 4.99. The average molecular weight is 527 g/mol. The molecule has 1 atom stereocenters. The van der Waals surface area contributed by atoms with E-state index in [1.54, 1.807) is 0 Å². The maximum absolute atomic E-state index is 14.9. The molecule has 0 spiro atoms. The lowest BCUT2D eigenvalue weighted by molar-refractivity contribution is -0.137. The minimum atomic E-state index is -4.40. The highest BCUT2D eigenvalue weighted by molar-refractivity contribution is 7.91. The molecule has 2 saturated carbocycles. The van der Waals surface area contributed by atoms with Gasteiger partial charge in [0.1, 0.15) is 18.2 Å². The van der Waals surface area contributed by atoms with Crippen LogP contribution in [-0.4, -0.2) is 38.8 Å². The van der Waals surface area contributed by atoms with E-state index in [-0.39, 0.29) is 24.1 Å². The first-order chi connectivity index (χ1) is 17.0. The average Bonchev–Trinajstić information content (AvgIpc) is 3.74. The number of ether oxygens (including phenoxy) is 1. The highest BCUT2D eigenvalue weighted by Gasteiger charge is 2.38. The van der Waals surface area contributed by atoms with E-state index in [0.29, 0.717) is 36.4 Å². The van der Waals surface area contributed by atoms with Crippen molar-refractivity contribution < 1.29 is 35.5 Å². The van der Waals surface area contributed by atoms with Gasteiger partial charge in [-0.05, 0) is 80.3 Å². The van der Waals surface area contributed by atoms with Gasteiger partial charge in [0.15, 0.2) is 0 Å². The topological polar surface area (TPSA) is 75.7 Å². The van der Waals surface area contributed by atoms with Crippen molar-refractivity contribution in [2.45, 2.75) is 61.9 Å². The van der Waals surface area contributed by atoms with E-state index in [9.17, 15) is 30.8 Å². The van der Waals surface area contributed by atoms with E-state index in [4.69, 9.17) is 4.74 Å². The Labute approximate surface area is 206 Å². The number of amides is 1. The number of carbonyl (C=O) groups is 1. The normalized spacial score (nSPS) is 20.4. The number of nitrogens with one attached hydrogen (secondary N) is 1. The van der Waals surface area contributed by atoms with Crippen molar-refractivity contribution in [2.24, 2.45) is 0 Å². The van der Waals surface area contributed by atoms with E-state index in [0.717, 1.165) is 43.9 Å². The van der Waals surface area contributed by atoms with Gasteiger partial charge in [-0.1, -0.05) is 0 Å². The van der Waals surface area contributed by atoms with Gasteiger partial charge in [0.2, 0.25) is 10.0 Å². The summed E-state index contributed by atoms with van der Waals surface area (Å²) in [5, 5.41) is -0.603. The maximum atomic E-state index is 14.9. The third-order valence-electron chi connectivity index (χ3n) is 6.89. The van der Waals surface area contributed by atoms with Gasteiger partial charge in [-0.2, -0.15) is 13.2 Å². The van der Waals surface area contributed by atoms with Gasteiger partial charge in [0, 0.05) is 18.3 Å². The van der Waals surface area contributed by atoms with Gasteiger partial charge in [-0.15, -0.1) is 0 Å². The summed E-state index contributed by atoms with van der Waals surface area (Å²) in [7, 11) is -3.81. The summed E-state index contributed by atoms with van der Waals surface area (Å²) >= 11 is 0. The van der Waals surface area contributed by atoms with Gasteiger partial charge in [0.25, 0.3) is 5.91 Å². The van der Waals surface area contributed by atoms with Crippen molar-refractivity contribution in [3.8, 4) is 5.75 Å². The Morgan fingerprint density at radius 3 is 2.36 bits per heavy atom. The lowest BCUT2D eigenvalue weighted by atomic mass is 10.0. The van der Waals surface area contributed by atoms with Crippen LogP contribution in [0, 0.1) is 5.82 Å². The Hall–Kier alpha value is -2.82. The predicted molar refractivity (Wildman–Crippen MR) is 125 cm³/mol. The molecule has 1 heterocycles. The number of rotatable bonds is 8. The first-order valence-electron chi connectivity index (χ1n) is 12.0. The van der Waals surface area contributed by atoms with Crippen molar-refractivity contribution in [3.63, 3.8) is 0 Å². The molecule has 1 saturated heterocycles. The zero-order valence-corrected chi connectivity index (χ0v) is 20.2. The molecule has 0 radical (unpaired) electrons. The van der Waals surface area contributed by atoms with Crippen LogP contribution in [0.4, 0.5) is 23.2 Å².